The first-order valence-corrected chi connectivity index (χ1v) is 11.9. The third-order valence-corrected chi connectivity index (χ3v) is 6.94. The molecule has 162 valence electrons. The highest BCUT2D eigenvalue weighted by Crippen LogP contribution is 2.24. The molecule has 1 aliphatic rings. The molecule has 29 heavy (non-hydrogen) atoms. The van der Waals surface area contributed by atoms with Gasteiger partial charge < -0.3 is 20.0 Å². The van der Waals surface area contributed by atoms with Crippen molar-refractivity contribution in [3.05, 3.63) is 23.2 Å². The molecule has 0 spiro atoms. The van der Waals surface area contributed by atoms with Gasteiger partial charge in [-0.3, -0.25) is 0 Å². The van der Waals surface area contributed by atoms with Crippen LogP contribution in [-0.2, 0) is 0 Å². The summed E-state index contributed by atoms with van der Waals surface area (Å²) in [7, 11) is 1.78. The van der Waals surface area contributed by atoms with E-state index in [-0.39, 0.29) is 17.8 Å². The van der Waals surface area contributed by atoms with E-state index in [4.69, 9.17) is 5.11 Å². The number of likely N-dealkylation sites (N-methyl/N-ethyl adjacent to an activating group) is 1. The average molecular weight is 442 g/mol. The predicted molar refractivity (Wildman–Crippen MR) is 117 cm³/mol. The summed E-state index contributed by atoms with van der Waals surface area (Å²) in [5, 5.41) is 20.8. The van der Waals surface area contributed by atoms with Crippen molar-refractivity contribution in [1.82, 2.24) is 14.8 Å². The Hall–Kier alpha value is -1.58. The third kappa shape index (κ3) is 7.31. The van der Waals surface area contributed by atoms with Gasteiger partial charge in [0.1, 0.15) is 0 Å². The van der Waals surface area contributed by atoms with Crippen LogP contribution in [0.4, 0.5) is 4.79 Å². The Morgan fingerprint density at radius 1 is 1.52 bits per heavy atom. The SMILES string of the molecule is CCCC[C@H](C)C[C@H](O)/C=C/[C@H]1CN(C)C(=O)N1CCSc1nc(C(=O)O)cs1. The maximum absolute atomic E-state index is 12.4. The molecule has 0 bridgehead atoms. The lowest BCUT2D eigenvalue weighted by molar-refractivity contribution is 0.0690. The zero-order valence-electron chi connectivity index (χ0n) is 17.3. The zero-order valence-corrected chi connectivity index (χ0v) is 18.9. The van der Waals surface area contributed by atoms with Crippen LogP contribution in [0.2, 0.25) is 0 Å². The number of unbranched alkanes of at least 4 members (excludes halogenated alkanes) is 1. The second-order valence-electron chi connectivity index (χ2n) is 7.51. The lowest BCUT2D eigenvalue weighted by Crippen LogP contribution is -2.35. The van der Waals surface area contributed by atoms with Crippen LogP contribution in [0.15, 0.2) is 21.9 Å². The lowest BCUT2D eigenvalue weighted by Gasteiger charge is -2.21. The van der Waals surface area contributed by atoms with Crippen molar-refractivity contribution in [2.75, 3.05) is 25.9 Å². The molecule has 1 fully saturated rings. The second-order valence-corrected chi connectivity index (χ2v) is 9.71. The summed E-state index contributed by atoms with van der Waals surface area (Å²) < 4.78 is 0.686. The number of aliphatic hydroxyl groups excluding tert-OH is 1. The number of thiazole rings is 1. The van der Waals surface area contributed by atoms with Crippen molar-refractivity contribution < 1.29 is 19.8 Å². The molecule has 0 aromatic carbocycles. The van der Waals surface area contributed by atoms with Crippen molar-refractivity contribution in [2.24, 2.45) is 5.92 Å². The fourth-order valence-electron chi connectivity index (χ4n) is 3.32. The highest BCUT2D eigenvalue weighted by Gasteiger charge is 2.33. The number of nitrogens with zero attached hydrogens (tertiary/aromatic N) is 3. The number of rotatable bonds is 12. The Kier molecular flexibility index (Phi) is 9.45. The van der Waals surface area contributed by atoms with Gasteiger partial charge in [-0.25, -0.2) is 14.6 Å². The molecule has 2 heterocycles. The number of carbonyl (C=O) groups excluding carboxylic acids is 1. The van der Waals surface area contributed by atoms with E-state index in [1.807, 2.05) is 12.2 Å². The first kappa shape index (κ1) is 23.7. The molecule has 2 rings (SSSR count). The highest BCUT2D eigenvalue weighted by atomic mass is 32.2. The molecule has 3 atom stereocenters. The van der Waals surface area contributed by atoms with E-state index < -0.39 is 12.1 Å². The van der Waals surface area contributed by atoms with Crippen molar-refractivity contribution in [1.29, 1.82) is 0 Å². The number of hydrogen-bond donors (Lipinski definition) is 2. The summed E-state index contributed by atoms with van der Waals surface area (Å²) in [6.07, 6.45) is 7.46. The smallest absolute Gasteiger partial charge is 0.355 e. The highest BCUT2D eigenvalue weighted by molar-refractivity contribution is 8.01. The minimum absolute atomic E-state index is 0.0311. The Balaban J connectivity index is 1.86. The molecule has 0 saturated carbocycles. The van der Waals surface area contributed by atoms with Crippen LogP contribution >= 0.6 is 23.1 Å². The van der Waals surface area contributed by atoms with Gasteiger partial charge in [-0.15, -0.1) is 11.3 Å². The van der Waals surface area contributed by atoms with Crippen LogP contribution in [0.5, 0.6) is 0 Å². The van der Waals surface area contributed by atoms with E-state index in [2.05, 4.69) is 18.8 Å². The van der Waals surface area contributed by atoms with Crippen LogP contribution < -0.4 is 0 Å². The van der Waals surface area contributed by atoms with Gasteiger partial charge in [-0.1, -0.05) is 57.0 Å². The molecule has 2 amide bonds. The first-order valence-electron chi connectivity index (χ1n) is 10.0. The topological polar surface area (TPSA) is 94.0 Å². The predicted octanol–water partition coefficient (Wildman–Crippen LogP) is 3.80. The number of amides is 2. The number of carbonyl (C=O) groups is 2. The van der Waals surface area contributed by atoms with Crippen molar-refractivity contribution in [3.8, 4) is 0 Å². The number of aliphatic hydroxyl groups is 1. The summed E-state index contributed by atoms with van der Waals surface area (Å²) in [4.78, 5) is 30.9. The quantitative estimate of drug-likeness (QED) is 0.378. The summed E-state index contributed by atoms with van der Waals surface area (Å²) in [5.41, 5.74) is 0.0532. The van der Waals surface area contributed by atoms with Gasteiger partial charge in [0.15, 0.2) is 10.0 Å². The molecular weight excluding hydrogens is 410 g/mol. The fourth-order valence-corrected chi connectivity index (χ4v) is 5.12. The van der Waals surface area contributed by atoms with E-state index in [0.717, 1.165) is 12.8 Å². The molecule has 0 unspecified atom stereocenters. The van der Waals surface area contributed by atoms with Crippen LogP contribution in [0, 0.1) is 5.92 Å². The minimum Gasteiger partial charge on any atom is -0.476 e. The lowest BCUT2D eigenvalue weighted by atomic mass is 9.97. The molecule has 0 aliphatic carbocycles. The Bertz CT molecular complexity index is 710. The van der Waals surface area contributed by atoms with E-state index in [9.17, 15) is 14.7 Å². The van der Waals surface area contributed by atoms with Gasteiger partial charge in [0, 0.05) is 31.3 Å². The summed E-state index contributed by atoms with van der Waals surface area (Å²) in [6, 6.07) is -0.101. The molecule has 9 heteroatoms. The van der Waals surface area contributed by atoms with E-state index >= 15 is 0 Å². The molecule has 1 aliphatic heterocycles. The van der Waals surface area contributed by atoms with Gasteiger partial charge in [0.05, 0.1) is 12.1 Å². The molecule has 1 aromatic rings. The van der Waals surface area contributed by atoms with Crippen LogP contribution in [0.25, 0.3) is 0 Å². The Morgan fingerprint density at radius 3 is 2.93 bits per heavy atom. The summed E-state index contributed by atoms with van der Waals surface area (Å²) in [5.74, 6) is 0.0776. The van der Waals surface area contributed by atoms with Gasteiger partial charge in [0.25, 0.3) is 0 Å². The standard InChI is InChI=1S/C20H31N3O4S2/c1-4-5-6-14(2)11-16(24)8-7-15-12-22(3)20(27)23(15)9-10-28-19-21-17(13-29-19)18(25)26/h7-8,13-16,24H,4-6,9-12H2,1-3H3,(H,25,26)/b8-7+/t14-,15-,16+/m0/s1. The van der Waals surface area contributed by atoms with Gasteiger partial charge in [-0.05, 0) is 12.3 Å². The summed E-state index contributed by atoms with van der Waals surface area (Å²) in [6.45, 7) is 5.47. The number of thioether (sulfide) groups is 1. The van der Waals surface area contributed by atoms with Crippen molar-refractivity contribution >= 4 is 35.1 Å². The van der Waals surface area contributed by atoms with E-state index in [1.165, 1.54) is 41.3 Å². The monoisotopic (exact) mass is 441 g/mol. The van der Waals surface area contributed by atoms with Gasteiger partial charge >= 0.3 is 12.0 Å². The van der Waals surface area contributed by atoms with Crippen molar-refractivity contribution in [2.45, 2.75) is 56.0 Å². The van der Waals surface area contributed by atoms with Crippen LogP contribution in [-0.4, -0.2) is 75.0 Å². The number of carboxylic acid groups (broad SMARTS) is 1. The van der Waals surface area contributed by atoms with Crippen molar-refractivity contribution in [3.63, 3.8) is 0 Å². The number of aromatic carboxylic acids is 1. The van der Waals surface area contributed by atoms with E-state index in [1.54, 1.807) is 16.8 Å². The number of aromatic nitrogens is 1. The number of hydrogen-bond acceptors (Lipinski definition) is 6. The maximum atomic E-state index is 12.4. The molecule has 7 nitrogen and oxygen atoms in total. The Morgan fingerprint density at radius 2 is 2.28 bits per heavy atom. The largest absolute Gasteiger partial charge is 0.476 e. The average Bonchev–Trinajstić information content (AvgIpc) is 3.25. The van der Waals surface area contributed by atoms with E-state index in [0.29, 0.717) is 29.1 Å². The third-order valence-electron chi connectivity index (χ3n) is 4.94. The number of urea groups is 1. The molecular formula is C20H31N3O4S2. The Labute approximate surface area is 180 Å². The van der Waals surface area contributed by atoms with Gasteiger partial charge in [-0.2, -0.15) is 0 Å². The molecule has 1 saturated heterocycles. The molecule has 2 N–H and O–H groups in total. The zero-order chi connectivity index (χ0) is 21.4. The molecule has 1 aromatic heterocycles. The van der Waals surface area contributed by atoms with Gasteiger partial charge in [0.2, 0.25) is 0 Å². The first-order chi connectivity index (χ1) is 13.8. The normalized spacial score (nSPS) is 19.3. The van der Waals surface area contributed by atoms with Crippen LogP contribution in [0.3, 0.4) is 0 Å². The summed E-state index contributed by atoms with van der Waals surface area (Å²) >= 11 is 2.75. The number of carboxylic acids is 1. The fraction of sp³-hybridized carbons (Fsp3) is 0.650. The van der Waals surface area contributed by atoms with Crippen LogP contribution in [0.1, 0.15) is 50.0 Å². The second kappa shape index (κ2) is 11.6. The minimum atomic E-state index is -1.03. The molecule has 0 radical (unpaired) electrons. The maximum Gasteiger partial charge on any atom is 0.355 e.